The fraction of sp³-hybridized carbons (Fsp3) is 0.600. The third-order valence-electron chi connectivity index (χ3n) is 2.96. The average molecular weight is 267 g/mol. The number of ether oxygens (including phenoxy) is 2. The fourth-order valence-corrected chi connectivity index (χ4v) is 2.37. The number of likely N-dealkylation sites (N-methyl/N-ethyl adjacent to an activating group) is 1. The maximum absolute atomic E-state index is 9.84. The Hall–Kier alpha value is -1.26. The Morgan fingerprint density at radius 3 is 2.32 bits per heavy atom. The van der Waals surface area contributed by atoms with Crippen molar-refractivity contribution >= 4 is 0 Å². The van der Waals surface area contributed by atoms with Crippen molar-refractivity contribution in [3.05, 3.63) is 23.3 Å². The molecule has 108 valence electrons. The van der Waals surface area contributed by atoms with Gasteiger partial charge < -0.3 is 14.6 Å². The molecule has 0 saturated heterocycles. The van der Waals surface area contributed by atoms with Crippen LogP contribution in [0.4, 0.5) is 0 Å². The molecule has 19 heavy (non-hydrogen) atoms. The summed E-state index contributed by atoms with van der Waals surface area (Å²) in [4.78, 5) is 2.07. The minimum Gasteiger partial charge on any atom is -0.496 e. The summed E-state index contributed by atoms with van der Waals surface area (Å²) in [5.74, 6) is 1.67. The lowest BCUT2D eigenvalue weighted by atomic mass is 10.1. The van der Waals surface area contributed by atoms with Gasteiger partial charge in [0.25, 0.3) is 0 Å². The largest absolute Gasteiger partial charge is 0.496 e. The first-order valence-corrected chi connectivity index (χ1v) is 6.40. The van der Waals surface area contributed by atoms with Crippen LogP contribution in [-0.4, -0.2) is 43.4 Å². The summed E-state index contributed by atoms with van der Waals surface area (Å²) in [5, 5.41) is 9.84. The number of hydrogen-bond acceptors (Lipinski definition) is 4. The van der Waals surface area contributed by atoms with E-state index in [1.54, 1.807) is 28.1 Å². The molecular formula is C15H25NO3. The van der Waals surface area contributed by atoms with Gasteiger partial charge in [-0.3, -0.25) is 4.90 Å². The van der Waals surface area contributed by atoms with Crippen LogP contribution in [0.15, 0.2) is 12.1 Å². The van der Waals surface area contributed by atoms with E-state index in [2.05, 4.69) is 4.90 Å². The van der Waals surface area contributed by atoms with Crippen molar-refractivity contribution < 1.29 is 14.6 Å². The topological polar surface area (TPSA) is 41.9 Å². The minimum absolute atomic E-state index is 0.598. The van der Waals surface area contributed by atoms with Crippen LogP contribution in [0, 0.1) is 6.92 Å². The van der Waals surface area contributed by atoms with Gasteiger partial charge in [-0.15, -0.1) is 0 Å². The van der Waals surface area contributed by atoms with Gasteiger partial charge in [-0.05, 0) is 33.9 Å². The molecule has 0 heterocycles. The van der Waals surface area contributed by atoms with Crippen molar-refractivity contribution in [1.82, 2.24) is 4.90 Å². The molecule has 0 atom stereocenters. The highest BCUT2D eigenvalue weighted by atomic mass is 16.5. The summed E-state index contributed by atoms with van der Waals surface area (Å²) in [7, 11) is 5.31. The van der Waals surface area contributed by atoms with Gasteiger partial charge in [0.15, 0.2) is 0 Å². The van der Waals surface area contributed by atoms with Gasteiger partial charge in [0.2, 0.25) is 0 Å². The molecule has 4 heteroatoms. The molecule has 0 amide bonds. The molecule has 1 aromatic rings. The lowest BCUT2D eigenvalue weighted by Crippen LogP contribution is -2.35. The normalized spacial score (nSPS) is 11.8. The zero-order chi connectivity index (χ0) is 14.6. The predicted octanol–water partition coefficient (Wildman–Crippen LogP) is 2.21. The summed E-state index contributed by atoms with van der Waals surface area (Å²) in [6.07, 6.45) is 0. The quantitative estimate of drug-likeness (QED) is 0.858. The van der Waals surface area contributed by atoms with Crippen molar-refractivity contribution in [2.24, 2.45) is 0 Å². The number of benzene rings is 1. The summed E-state index contributed by atoms with van der Waals surface area (Å²) in [5.41, 5.74) is 1.38. The molecule has 0 aliphatic carbocycles. The van der Waals surface area contributed by atoms with Crippen molar-refractivity contribution in [1.29, 1.82) is 0 Å². The van der Waals surface area contributed by atoms with Crippen LogP contribution >= 0.6 is 0 Å². The summed E-state index contributed by atoms with van der Waals surface area (Å²) in [6, 6.07) is 3.96. The first-order chi connectivity index (χ1) is 8.78. The number of aliphatic hydroxyl groups is 1. The summed E-state index contributed by atoms with van der Waals surface area (Å²) < 4.78 is 10.8. The van der Waals surface area contributed by atoms with Crippen LogP contribution in [0.25, 0.3) is 0 Å². The Morgan fingerprint density at radius 1 is 1.21 bits per heavy atom. The van der Waals surface area contributed by atoms with E-state index < -0.39 is 5.60 Å². The van der Waals surface area contributed by atoms with Gasteiger partial charge in [0.1, 0.15) is 11.5 Å². The Balaban J connectivity index is 2.92. The second kappa shape index (κ2) is 6.26. The lowest BCUT2D eigenvalue weighted by Gasteiger charge is -2.26. The SMILES string of the molecule is COc1ccc(CN(C)CC(C)(C)O)c(OC)c1C. The molecule has 1 N–H and O–H groups in total. The van der Waals surface area contributed by atoms with E-state index in [0.29, 0.717) is 6.54 Å². The first-order valence-electron chi connectivity index (χ1n) is 6.40. The highest BCUT2D eigenvalue weighted by Crippen LogP contribution is 2.31. The Bertz CT molecular complexity index is 424. The molecule has 0 saturated carbocycles. The van der Waals surface area contributed by atoms with Gasteiger partial charge in [0, 0.05) is 24.2 Å². The van der Waals surface area contributed by atoms with Crippen LogP contribution in [0.1, 0.15) is 25.0 Å². The van der Waals surface area contributed by atoms with Crippen molar-refractivity contribution in [3.8, 4) is 11.5 Å². The number of rotatable bonds is 6. The highest BCUT2D eigenvalue weighted by molar-refractivity contribution is 5.49. The smallest absolute Gasteiger partial charge is 0.129 e. The summed E-state index contributed by atoms with van der Waals surface area (Å²) >= 11 is 0. The summed E-state index contributed by atoms with van der Waals surface area (Å²) in [6.45, 7) is 6.91. The Labute approximate surface area is 115 Å². The second-order valence-corrected chi connectivity index (χ2v) is 5.57. The molecule has 1 aromatic carbocycles. The third-order valence-corrected chi connectivity index (χ3v) is 2.96. The van der Waals surface area contributed by atoms with E-state index >= 15 is 0 Å². The average Bonchev–Trinajstić information content (AvgIpc) is 2.27. The van der Waals surface area contributed by atoms with Gasteiger partial charge in [-0.25, -0.2) is 0 Å². The van der Waals surface area contributed by atoms with Crippen molar-refractivity contribution in [2.75, 3.05) is 27.8 Å². The van der Waals surface area contributed by atoms with Gasteiger partial charge in [-0.1, -0.05) is 6.07 Å². The number of methoxy groups -OCH3 is 2. The maximum atomic E-state index is 9.84. The van der Waals surface area contributed by atoms with Crippen LogP contribution in [-0.2, 0) is 6.54 Å². The highest BCUT2D eigenvalue weighted by Gasteiger charge is 2.18. The van der Waals surface area contributed by atoms with Crippen molar-refractivity contribution in [2.45, 2.75) is 32.9 Å². The lowest BCUT2D eigenvalue weighted by molar-refractivity contribution is 0.0422. The first kappa shape index (κ1) is 15.8. The molecule has 0 spiro atoms. The van der Waals surface area contributed by atoms with Crippen LogP contribution in [0.5, 0.6) is 11.5 Å². The van der Waals surface area contributed by atoms with Crippen LogP contribution in [0.2, 0.25) is 0 Å². The van der Waals surface area contributed by atoms with E-state index in [1.807, 2.05) is 26.1 Å². The zero-order valence-corrected chi connectivity index (χ0v) is 12.8. The number of nitrogens with zero attached hydrogens (tertiary/aromatic N) is 1. The van der Waals surface area contributed by atoms with Gasteiger partial charge in [0.05, 0.1) is 19.8 Å². The van der Waals surface area contributed by atoms with E-state index in [1.165, 1.54) is 0 Å². The molecule has 1 rings (SSSR count). The molecule has 0 aliphatic heterocycles. The van der Waals surface area contributed by atoms with E-state index in [-0.39, 0.29) is 0 Å². The Morgan fingerprint density at radius 2 is 1.84 bits per heavy atom. The molecule has 0 bridgehead atoms. The van der Waals surface area contributed by atoms with Crippen LogP contribution < -0.4 is 9.47 Å². The molecule has 4 nitrogen and oxygen atoms in total. The van der Waals surface area contributed by atoms with Gasteiger partial charge in [-0.2, -0.15) is 0 Å². The molecule has 0 aromatic heterocycles. The Kier molecular flexibility index (Phi) is 5.20. The molecule has 0 fully saturated rings. The number of hydrogen-bond donors (Lipinski definition) is 1. The molecule has 0 radical (unpaired) electrons. The van der Waals surface area contributed by atoms with Crippen molar-refractivity contribution in [3.63, 3.8) is 0 Å². The minimum atomic E-state index is -0.705. The van der Waals surface area contributed by atoms with E-state index in [4.69, 9.17) is 9.47 Å². The standard InChI is InChI=1S/C15H25NO3/c1-11-13(18-5)8-7-12(14(11)19-6)9-16(4)10-15(2,3)17/h7-8,17H,9-10H2,1-6H3. The zero-order valence-electron chi connectivity index (χ0n) is 12.8. The fourth-order valence-electron chi connectivity index (χ4n) is 2.37. The second-order valence-electron chi connectivity index (χ2n) is 5.57. The monoisotopic (exact) mass is 267 g/mol. The van der Waals surface area contributed by atoms with Gasteiger partial charge >= 0.3 is 0 Å². The maximum Gasteiger partial charge on any atom is 0.129 e. The van der Waals surface area contributed by atoms with E-state index in [0.717, 1.165) is 29.2 Å². The predicted molar refractivity (Wildman–Crippen MR) is 76.9 cm³/mol. The molecular weight excluding hydrogens is 242 g/mol. The third kappa shape index (κ3) is 4.40. The van der Waals surface area contributed by atoms with E-state index in [9.17, 15) is 5.11 Å². The molecule has 0 unspecified atom stereocenters. The molecule has 0 aliphatic rings. The van der Waals surface area contributed by atoms with Crippen LogP contribution in [0.3, 0.4) is 0 Å².